The quantitative estimate of drug-likeness (QED) is 0.668. The average molecular weight is 372 g/mol. The summed E-state index contributed by atoms with van der Waals surface area (Å²) in [6.45, 7) is 0.674. The van der Waals surface area contributed by atoms with Crippen molar-refractivity contribution in [3.05, 3.63) is 70.1 Å². The number of amides is 1. The Hall–Kier alpha value is -2.86. The van der Waals surface area contributed by atoms with Crippen molar-refractivity contribution in [3.8, 4) is 5.75 Å². The van der Waals surface area contributed by atoms with Crippen molar-refractivity contribution in [1.82, 2.24) is 14.5 Å². The van der Waals surface area contributed by atoms with E-state index in [9.17, 15) is 9.59 Å². The molecule has 6 nitrogen and oxygen atoms in total. The number of likely N-dealkylation sites (N-methyl/N-ethyl adjacent to an activating group) is 1. The SMILES string of the molecule is CN(CCOc1cccc(Cl)c1)C(=O)Cn1c(=O)cnc2ccccc21. The van der Waals surface area contributed by atoms with Crippen LogP contribution in [0, 0.1) is 0 Å². The highest BCUT2D eigenvalue weighted by Crippen LogP contribution is 2.17. The molecule has 2 aromatic carbocycles. The largest absolute Gasteiger partial charge is 0.492 e. The minimum Gasteiger partial charge on any atom is -0.492 e. The summed E-state index contributed by atoms with van der Waals surface area (Å²) in [5, 5.41) is 0.593. The molecular formula is C19H18ClN3O3. The molecule has 0 aliphatic heterocycles. The molecule has 3 rings (SSSR count). The molecule has 0 aliphatic rings. The first kappa shape index (κ1) is 17.9. The van der Waals surface area contributed by atoms with Gasteiger partial charge in [0.2, 0.25) is 5.91 Å². The zero-order valence-corrected chi connectivity index (χ0v) is 15.0. The van der Waals surface area contributed by atoms with E-state index in [4.69, 9.17) is 16.3 Å². The lowest BCUT2D eigenvalue weighted by Gasteiger charge is -2.19. The average Bonchev–Trinajstić information content (AvgIpc) is 2.64. The van der Waals surface area contributed by atoms with Crippen molar-refractivity contribution in [3.63, 3.8) is 0 Å². The van der Waals surface area contributed by atoms with Gasteiger partial charge in [-0.1, -0.05) is 29.8 Å². The molecule has 134 valence electrons. The second-order valence-electron chi connectivity index (χ2n) is 5.79. The summed E-state index contributed by atoms with van der Waals surface area (Å²) in [5.41, 5.74) is 1.00. The van der Waals surface area contributed by atoms with E-state index in [1.165, 1.54) is 15.7 Å². The van der Waals surface area contributed by atoms with Crippen LogP contribution in [0.3, 0.4) is 0 Å². The molecule has 0 unspecified atom stereocenters. The van der Waals surface area contributed by atoms with Gasteiger partial charge in [0.05, 0.1) is 23.8 Å². The van der Waals surface area contributed by atoms with Gasteiger partial charge in [-0.05, 0) is 30.3 Å². The fourth-order valence-corrected chi connectivity index (χ4v) is 2.70. The van der Waals surface area contributed by atoms with Gasteiger partial charge in [-0.2, -0.15) is 0 Å². The summed E-state index contributed by atoms with van der Waals surface area (Å²) in [5.74, 6) is 0.466. The number of carbonyl (C=O) groups is 1. The number of ether oxygens (including phenoxy) is 1. The topological polar surface area (TPSA) is 64.4 Å². The molecule has 3 aromatic rings. The van der Waals surface area contributed by atoms with E-state index in [0.717, 1.165) is 0 Å². The molecule has 0 aliphatic carbocycles. The van der Waals surface area contributed by atoms with Gasteiger partial charge in [-0.3, -0.25) is 14.2 Å². The third-order valence-electron chi connectivity index (χ3n) is 3.96. The minimum atomic E-state index is -0.305. The third-order valence-corrected chi connectivity index (χ3v) is 4.20. The second-order valence-corrected chi connectivity index (χ2v) is 6.23. The fourth-order valence-electron chi connectivity index (χ4n) is 2.52. The Kier molecular flexibility index (Phi) is 5.53. The molecule has 26 heavy (non-hydrogen) atoms. The maximum absolute atomic E-state index is 12.5. The molecule has 0 fully saturated rings. The van der Waals surface area contributed by atoms with Crippen LogP contribution in [0.25, 0.3) is 11.0 Å². The van der Waals surface area contributed by atoms with Crippen molar-refractivity contribution in [2.45, 2.75) is 6.54 Å². The number of para-hydroxylation sites is 2. The van der Waals surface area contributed by atoms with Crippen LogP contribution in [0.4, 0.5) is 0 Å². The molecule has 0 atom stereocenters. The van der Waals surface area contributed by atoms with Gasteiger partial charge in [0.15, 0.2) is 0 Å². The lowest BCUT2D eigenvalue weighted by atomic mass is 10.3. The molecule has 0 saturated heterocycles. The van der Waals surface area contributed by atoms with E-state index in [1.54, 1.807) is 43.4 Å². The second kappa shape index (κ2) is 8.01. The normalized spacial score (nSPS) is 10.7. The number of hydrogen-bond acceptors (Lipinski definition) is 4. The Morgan fingerprint density at radius 3 is 2.85 bits per heavy atom. The van der Waals surface area contributed by atoms with Crippen molar-refractivity contribution < 1.29 is 9.53 Å². The summed E-state index contributed by atoms with van der Waals surface area (Å²) in [6, 6.07) is 14.3. The Labute approximate surface area is 155 Å². The number of nitrogens with zero attached hydrogens (tertiary/aromatic N) is 3. The van der Waals surface area contributed by atoms with Gasteiger partial charge in [-0.25, -0.2) is 4.98 Å². The van der Waals surface area contributed by atoms with Crippen LogP contribution < -0.4 is 10.3 Å². The van der Waals surface area contributed by atoms with Crippen LogP contribution in [0.5, 0.6) is 5.75 Å². The standard InChI is InChI=1S/C19H18ClN3O3/c1-22(9-10-26-15-6-4-5-14(20)11-15)19(25)13-23-17-8-3-2-7-16(17)21-12-18(23)24/h2-8,11-12H,9-10,13H2,1H3. The maximum atomic E-state index is 12.5. The first-order chi connectivity index (χ1) is 12.5. The summed E-state index contributed by atoms with van der Waals surface area (Å²) in [7, 11) is 1.68. The number of hydrogen-bond donors (Lipinski definition) is 0. The summed E-state index contributed by atoms with van der Waals surface area (Å²) >= 11 is 5.91. The number of rotatable bonds is 6. The predicted molar refractivity (Wildman–Crippen MR) is 101 cm³/mol. The van der Waals surface area contributed by atoms with Crippen molar-refractivity contribution in [2.75, 3.05) is 20.2 Å². The Morgan fingerprint density at radius 2 is 2.04 bits per heavy atom. The fraction of sp³-hybridized carbons (Fsp3) is 0.211. The smallest absolute Gasteiger partial charge is 0.269 e. The van der Waals surface area contributed by atoms with Crippen LogP contribution in [0.15, 0.2) is 59.5 Å². The highest BCUT2D eigenvalue weighted by molar-refractivity contribution is 6.30. The summed E-state index contributed by atoms with van der Waals surface area (Å²) in [4.78, 5) is 30.2. The van der Waals surface area contributed by atoms with Gasteiger partial charge in [-0.15, -0.1) is 0 Å². The lowest BCUT2D eigenvalue weighted by molar-refractivity contribution is -0.130. The first-order valence-electron chi connectivity index (χ1n) is 8.11. The molecule has 1 amide bonds. The molecule has 0 N–H and O–H groups in total. The summed E-state index contributed by atoms with van der Waals surface area (Å²) in [6.07, 6.45) is 1.23. The van der Waals surface area contributed by atoms with Crippen LogP contribution in [-0.4, -0.2) is 40.6 Å². The van der Waals surface area contributed by atoms with E-state index >= 15 is 0 Å². The number of fused-ring (bicyclic) bond motifs is 1. The van der Waals surface area contributed by atoms with Crippen LogP contribution in [0.1, 0.15) is 0 Å². The molecule has 1 aromatic heterocycles. The molecule has 0 bridgehead atoms. The predicted octanol–water partition coefficient (Wildman–Crippen LogP) is 2.59. The Bertz CT molecular complexity index is 987. The number of carbonyl (C=O) groups excluding carboxylic acids is 1. The molecule has 1 heterocycles. The van der Waals surface area contributed by atoms with Crippen molar-refractivity contribution >= 4 is 28.5 Å². The third kappa shape index (κ3) is 4.21. The summed E-state index contributed by atoms with van der Waals surface area (Å²) < 4.78 is 7.02. The number of aromatic nitrogens is 2. The van der Waals surface area contributed by atoms with E-state index < -0.39 is 0 Å². The maximum Gasteiger partial charge on any atom is 0.269 e. The molecule has 0 radical (unpaired) electrons. The highest BCUT2D eigenvalue weighted by Gasteiger charge is 2.13. The monoisotopic (exact) mass is 371 g/mol. The van der Waals surface area contributed by atoms with Gasteiger partial charge in [0.25, 0.3) is 5.56 Å². The molecular weight excluding hydrogens is 354 g/mol. The highest BCUT2D eigenvalue weighted by atomic mass is 35.5. The van der Waals surface area contributed by atoms with Crippen molar-refractivity contribution in [2.24, 2.45) is 0 Å². The number of benzene rings is 2. The van der Waals surface area contributed by atoms with Crippen molar-refractivity contribution in [1.29, 1.82) is 0 Å². The minimum absolute atomic E-state index is 0.0461. The zero-order chi connectivity index (χ0) is 18.5. The van der Waals surface area contributed by atoms with Crippen LogP contribution >= 0.6 is 11.6 Å². The van der Waals surface area contributed by atoms with Crippen LogP contribution in [-0.2, 0) is 11.3 Å². The van der Waals surface area contributed by atoms with E-state index in [-0.39, 0.29) is 18.0 Å². The van der Waals surface area contributed by atoms with Gasteiger partial charge < -0.3 is 9.64 Å². The first-order valence-corrected chi connectivity index (χ1v) is 8.49. The Balaban J connectivity index is 1.63. The zero-order valence-electron chi connectivity index (χ0n) is 14.3. The van der Waals surface area contributed by atoms with Gasteiger partial charge >= 0.3 is 0 Å². The molecule has 0 spiro atoms. The lowest BCUT2D eigenvalue weighted by Crippen LogP contribution is -2.36. The van der Waals surface area contributed by atoms with E-state index in [2.05, 4.69) is 4.98 Å². The number of halogens is 1. The molecule has 0 saturated carbocycles. The van der Waals surface area contributed by atoms with Gasteiger partial charge in [0, 0.05) is 12.1 Å². The van der Waals surface area contributed by atoms with E-state index in [0.29, 0.717) is 35.0 Å². The molecule has 7 heteroatoms. The van der Waals surface area contributed by atoms with Gasteiger partial charge in [0.1, 0.15) is 18.9 Å². The Morgan fingerprint density at radius 1 is 1.23 bits per heavy atom. The van der Waals surface area contributed by atoms with Crippen LogP contribution in [0.2, 0.25) is 5.02 Å². The van der Waals surface area contributed by atoms with E-state index in [1.807, 2.05) is 12.1 Å².